The van der Waals surface area contributed by atoms with E-state index in [4.69, 9.17) is 14.7 Å². The Kier molecular flexibility index (Phi) is 5.33. The molecule has 7 heteroatoms. The Hall–Kier alpha value is -2.85. The Morgan fingerprint density at radius 1 is 1.35 bits per heavy atom. The van der Waals surface area contributed by atoms with Crippen LogP contribution < -0.4 is 10.1 Å². The van der Waals surface area contributed by atoms with Gasteiger partial charge in [-0.3, -0.25) is 4.79 Å². The van der Waals surface area contributed by atoms with Crippen LogP contribution in [0.4, 0.5) is 5.00 Å². The fourth-order valence-electron chi connectivity index (χ4n) is 1.85. The first kappa shape index (κ1) is 16.5. The van der Waals surface area contributed by atoms with Gasteiger partial charge >= 0.3 is 5.97 Å². The van der Waals surface area contributed by atoms with Crippen LogP contribution in [0.25, 0.3) is 0 Å². The first-order valence-electron chi connectivity index (χ1n) is 6.64. The summed E-state index contributed by atoms with van der Waals surface area (Å²) in [4.78, 5) is 23.9. The van der Waals surface area contributed by atoms with Crippen molar-refractivity contribution in [3.63, 3.8) is 0 Å². The van der Waals surface area contributed by atoms with Crippen LogP contribution in [-0.4, -0.2) is 25.6 Å². The van der Waals surface area contributed by atoms with Crippen molar-refractivity contribution in [1.29, 1.82) is 5.26 Å². The van der Waals surface area contributed by atoms with E-state index in [2.05, 4.69) is 5.32 Å². The number of nitriles is 1. The largest absolute Gasteiger partial charge is 0.496 e. The number of nitrogens with zero attached hydrogens (tertiary/aromatic N) is 1. The van der Waals surface area contributed by atoms with E-state index in [1.54, 1.807) is 23.6 Å². The topological polar surface area (TPSA) is 88.4 Å². The molecule has 1 aromatic carbocycles. The number of methoxy groups -OCH3 is 1. The SMILES string of the molecule is COc1ccc(C)cc1C(=O)OCC(=O)Nc1sccc1C#N. The van der Waals surface area contributed by atoms with E-state index < -0.39 is 18.5 Å². The monoisotopic (exact) mass is 330 g/mol. The van der Waals surface area contributed by atoms with Crippen LogP contribution in [0.1, 0.15) is 21.5 Å². The van der Waals surface area contributed by atoms with Gasteiger partial charge in [-0.25, -0.2) is 4.79 Å². The average Bonchev–Trinajstić information content (AvgIpc) is 2.99. The molecule has 1 aromatic heterocycles. The summed E-state index contributed by atoms with van der Waals surface area (Å²) in [6.45, 7) is 1.39. The molecule has 0 aliphatic heterocycles. The number of anilines is 1. The molecule has 0 bridgehead atoms. The molecule has 0 atom stereocenters. The fourth-order valence-corrected chi connectivity index (χ4v) is 2.60. The summed E-state index contributed by atoms with van der Waals surface area (Å²) < 4.78 is 10.1. The molecular weight excluding hydrogens is 316 g/mol. The van der Waals surface area contributed by atoms with Crippen LogP contribution in [0.15, 0.2) is 29.6 Å². The molecule has 0 unspecified atom stereocenters. The third-order valence-electron chi connectivity index (χ3n) is 2.95. The lowest BCUT2D eigenvalue weighted by Gasteiger charge is -2.09. The number of hydrogen-bond donors (Lipinski definition) is 1. The smallest absolute Gasteiger partial charge is 0.342 e. The number of hydrogen-bond acceptors (Lipinski definition) is 6. The zero-order valence-corrected chi connectivity index (χ0v) is 13.4. The molecule has 2 rings (SSSR count). The first-order chi connectivity index (χ1) is 11.0. The van der Waals surface area contributed by atoms with Crippen molar-refractivity contribution in [3.05, 3.63) is 46.3 Å². The molecule has 0 saturated carbocycles. The molecule has 0 radical (unpaired) electrons. The highest BCUT2D eigenvalue weighted by atomic mass is 32.1. The molecule has 0 spiro atoms. The number of esters is 1. The summed E-state index contributed by atoms with van der Waals surface area (Å²) in [5, 5.41) is 13.5. The van der Waals surface area contributed by atoms with Crippen molar-refractivity contribution in [2.45, 2.75) is 6.92 Å². The highest BCUT2D eigenvalue weighted by Gasteiger charge is 2.16. The Labute approximate surface area is 137 Å². The summed E-state index contributed by atoms with van der Waals surface area (Å²) in [6.07, 6.45) is 0. The summed E-state index contributed by atoms with van der Waals surface area (Å²) in [5.41, 5.74) is 1.50. The number of aryl methyl sites for hydroxylation is 1. The zero-order valence-electron chi connectivity index (χ0n) is 12.6. The van der Waals surface area contributed by atoms with Gasteiger partial charge in [-0.05, 0) is 30.5 Å². The van der Waals surface area contributed by atoms with Gasteiger partial charge in [0.1, 0.15) is 22.4 Å². The quantitative estimate of drug-likeness (QED) is 0.852. The molecule has 0 fully saturated rings. The van der Waals surface area contributed by atoms with Crippen molar-refractivity contribution in [2.24, 2.45) is 0 Å². The average molecular weight is 330 g/mol. The molecule has 1 N–H and O–H groups in total. The Morgan fingerprint density at radius 3 is 2.83 bits per heavy atom. The van der Waals surface area contributed by atoms with Gasteiger partial charge in [0.05, 0.1) is 12.7 Å². The van der Waals surface area contributed by atoms with Gasteiger partial charge in [0.2, 0.25) is 0 Å². The van der Waals surface area contributed by atoms with Crippen LogP contribution in [-0.2, 0) is 9.53 Å². The van der Waals surface area contributed by atoms with E-state index in [-0.39, 0.29) is 5.56 Å². The molecule has 0 saturated heterocycles. The zero-order chi connectivity index (χ0) is 16.8. The molecular formula is C16H14N2O4S. The third kappa shape index (κ3) is 4.08. The number of carbonyl (C=O) groups is 2. The van der Waals surface area contributed by atoms with Gasteiger partial charge in [-0.1, -0.05) is 11.6 Å². The van der Waals surface area contributed by atoms with E-state index in [9.17, 15) is 9.59 Å². The number of amides is 1. The Morgan fingerprint density at radius 2 is 2.13 bits per heavy atom. The van der Waals surface area contributed by atoms with E-state index in [1.165, 1.54) is 18.4 Å². The maximum absolute atomic E-state index is 12.1. The number of carbonyl (C=O) groups excluding carboxylic acids is 2. The minimum Gasteiger partial charge on any atom is -0.496 e. The predicted octanol–water partition coefficient (Wildman–Crippen LogP) is 2.73. The normalized spacial score (nSPS) is 9.78. The minimum atomic E-state index is -0.646. The molecule has 1 heterocycles. The Bertz CT molecular complexity index is 777. The number of benzene rings is 1. The molecule has 1 amide bonds. The van der Waals surface area contributed by atoms with E-state index >= 15 is 0 Å². The summed E-state index contributed by atoms with van der Waals surface area (Å²) in [5.74, 6) is -0.776. The van der Waals surface area contributed by atoms with Crippen LogP contribution in [0, 0.1) is 18.3 Å². The first-order valence-corrected chi connectivity index (χ1v) is 7.52. The van der Waals surface area contributed by atoms with Gasteiger partial charge in [0.25, 0.3) is 5.91 Å². The highest BCUT2D eigenvalue weighted by Crippen LogP contribution is 2.22. The minimum absolute atomic E-state index is 0.258. The van der Waals surface area contributed by atoms with Crippen LogP contribution >= 0.6 is 11.3 Å². The van der Waals surface area contributed by atoms with Gasteiger partial charge in [0.15, 0.2) is 6.61 Å². The molecule has 2 aromatic rings. The second-order valence-electron chi connectivity index (χ2n) is 4.60. The number of thiophene rings is 1. The molecule has 23 heavy (non-hydrogen) atoms. The van der Waals surface area contributed by atoms with Crippen LogP contribution in [0.2, 0.25) is 0 Å². The van der Waals surface area contributed by atoms with Crippen molar-refractivity contribution in [3.8, 4) is 11.8 Å². The van der Waals surface area contributed by atoms with Crippen molar-refractivity contribution < 1.29 is 19.1 Å². The lowest BCUT2D eigenvalue weighted by molar-refractivity contribution is -0.119. The second-order valence-corrected chi connectivity index (χ2v) is 5.52. The Balaban J connectivity index is 1.98. The molecule has 0 aliphatic rings. The van der Waals surface area contributed by atoms with E-state index in [0.29, 0.717) is 16.3 Å². The summed E-state index contributed by atoms with van der Waals surface area (Å²) in [6, 6.07) is 8.67. The predicted molar refractivity (Wildman–Crippen MR) is 85.7 cm³/mol. The van der Waals surface area contributed by atoms with Crippen molar-refractivity contribution >= 4 is 28.2 Å². The third-order valence-corrected chi connectivity index (χ3v) is 3.78. The highest BCUT2D eigenvalue weighted by molar-refractivity contribution is 7.14. The van der Waals surface area contributed by atoms with Gasteiger partial charge in [-0.2, -0.15) is 5.26 Å². The van der Waals surface area contributed by atoms with Gasteiger partial charge < -0.3 is 14.8 Å². The summed E-state index contributed by atoms with van der Waals surface area (Å²) in [7, 11) is 1.45. The van der Waals surface area contributed by atoms with Gasteiger partial charge in [-0.15, -0.1) is 11.3 Å². The number of ether oxygens (including phenoxy) is 2. The van der Waals surface area contributed by atoms with Crippen molar-refractivity contribution in [1.82, 2.24) is 0 Å². The van der Waals surface area contributed by atoms with Crippen LogP contribution in [0.5, 0.6) is 5.75 Å². The molecule has 118 valence electrons. The second kappa shape index (κ2) is 7.42. The van der Waals surface area contributed by atoms with Crippen molar-refractivity contribution in [2.75, 3.05) is 19.0 Å². The standard InChI is InChI=1S/C16H14N2O4S/c1-10-3-4-13(21-2)12(7-10)16(20)22-9-14(19)18-15-11(8-17)5-6-23-15/h3-7H,9H2,1-2H3,(H,18,19). The summed E-state index contributed by atoms with van der Waals surface area (Å²) >= 11 is 1.23. The lowest BCUT2D eigenvalue weighted by atomic mass is 10.1. The molecule has 6 nitrogen and oxygen atoms in total. The van der Waals surface area contributed by atoms with Crippen LogP contribution in [0.3, 0.4) is 0 Å². The number of rotatable bonds is 5. The van der Waals surface area contributed by atoms with E-state index in [0.717, 1.165) is 5.56 Å². The van der Waals surface area contributed by atoms with E-state index in [1.807, 2.05) is 19.1 Å². The number of nitrogens with one attached hydrogen (secondary N) is 1. The molecule has 0 aliphatic carbocycles. The lowest BCUT2D eigenvalue weighted by Crippen LogP contribution is -2.21. The fraction of sp³-hybridized carbons (Fsp3) is 0.188. The maximum atomic E-state index is 12.1. The maximum Gasteiger partial charge on any atom is 0.342 e. The van der Waals surface area contributed by atoms with Gasteiger partial charge in [0, 0.05) is 0 Å².